The zero-order valence-electron chi connectivity index (χ0n) is 8.47. The van der Waals surface area contributed by atoms with Crippen molar-refractivity contribution in [3.05, 3.63) is 32.8 Å². The number of esters is 1. The lowest BCUT2D eigenvalue weighted by atomic mass is 10.0. The second-order valence-electron chi connectivity index (χ2n) is 3.18. The van der Waals surface area contributed by atoms with Gasteiger partial charge in [0.05, 0.1) is 23.6 Å². The number of hydrogen-bond donors (Lipinski definition) is 1. The molecule has 2 N–H and O–H groups in total. The van der Waals surface area contributed by atoms with Crippen LogP contribution in [-0.2, 0) is 9.53 Å². The van der Waals surface area contributed by atoms with Gasteiger partial charge in [0, 0.05) is 11.1 Å². The van der Waals surface area contributed by atoms with Gasteiger partial charge in [0.25, 0.3) is 0 Å². The summed E-state index contributed by atoms with van der Waals surface area (Å²) in [6.07, 6.45) is 0.0207. The highest BCUT2D eigenvalue weighted by Crippen LogP contribution is 2.33. The first-order valence-electron chi connectivity index (χ1n) is 4.42. The fourth-order valence-corrected chi connectivity index (χ4v) is 1.98. The van der Waals surface area contributed by atoms with Crippen molar-refractivity contribution in [3.8, 4) is 0 Å². The van der Waals surface area contributed by atoms with Crippen LogP contribution in [0.2, 0.25) is 15.1 Å². The largest absolute Gasteiger partial charge is 0.469 e. The molecule has 0 amide bonds. The first-order chi connectivity index (χ1) is 7.45. The van der Waals surface area contributed by atoms with E-state index in [9.17, 15) is 4.79 Å². The number of hydrogen-bond acceptors (Lipinski definition) is 3. The summed E-state index contributed by atoms with van der Waals surface area (Å²) < 4.78 is 4.51. The Balaban J connectivity index is 2.99. The van der Waals surface area contributed by atoms with Gasteiger partial charge in [-0.25, -0.2) is 0 Å². The minimum absolute atomic E-state index is 0.0207. The molecular weight excluding hydrogens is 272 g/mol. The lowest BCUT2D eigenvalue weighted by Gasteiger charge is -2.13. The summed E-state index contributed by atoms with van der Waals surface area (Å²) in [6.45, 7) is 0. The van der Waals surface area contributed by atoms with E-state index >= 15 is 0 Å². The lowest BCUT2D eigenvalue weighted by Crippen LogP contribution is -2.16. The van der Waals surface area contributed by atoms with Crippen molar-refractivity contribution < 1.29 is 9.53 Å². The van der Waals surface area contributed by atoms with Gasteiger partial charge in [0.1, 0.15) is 0 Å². The topological polar surface area (TPSA) is 52.3 Å². The Morgan fingerprint density at radius 2 is 2.06 bits per heavy atom. The maximum absolute atomic E-state index is 11.1. The second-order valence-corrected chi connectivity index (χ2v) is 4.40. The summed E-state index contributed by atoms with van der Waals surface area (Å²) >= 11 is 17.6. The molecule has 88 valence electrons. The molecule has 0 radical (unpaired) electrons. The molecule has 0 saturated heterocycles. The lowest BCUT2D eigenvalue weighted by molar-refractivity contribution is -0.141. The van der Waals surface area contributed by atoms with Crippen molar-refractivity contribution in [2.45, 2.75) is 12.5 Å². The molecule has 1 atom stereocenters. The van der Waals surface area contributed by atoms with E-state index in [2.05, 4.69) is 4.74 Å². The third-order valence-corrected chi connectivity index (χ3v) is 3.07. The summed E-state index contributed by atoms with van der Waals surface area (Å²) in [4.78, 5) is 11.1. The van der Waals surface area contributed by atoms with E-state index in [1.165, 1.54) is 13.2 Å². The summed E-state index contributed by atoms with van der Waals surface area (Å²) in [7, 11) is 1.29. The molecule has 0 saturated carbocycles. The van der Waals surface area contributed by atoms with E-state index in [1.807, 2.05) is 0 Å². The third-order valence-electron chi connectivity index (χ3n) is 2.03. The van der Waals surface area contributed by atoms with Crippen LogP contribution < -0.4 is 5.73 Å². The molecule has 1 rings (SSSR count). The van der Waals surface area contributed by atoms with Crippen molar-refractivity contribution in [1.82, 2.24) is 0 Å². The van der Waals surface area contributed by atoms with Gasteiger partial charge in [-0.15, -0.1) is 0 Å². The monoisotopic (exact) mass is 281 g/mol. The van der Waals surface area contributed by atoms with Crippen LogP contribution >= 0.6 is 34.8 Å². The van der Waals surface area contributed by atoms with Crippen molar-refractivity contribution in [1.29, 1.82) is 0 Å². The molecule has 0 bridgehead atoms. The van der Waals surface area contributed by atoms with Crippen molar-refractivity contribution in [2.75, 3.05) is 7.11 Å². The summed E-state index contributed by atoms with van der Waals surface area (Å²) in [6, 6.07) is 2.51. The van der Waals surface area contributed by atoms with Gasteiger partial charge in [-0.1, -0.05) is 34.8 Å². The predicted molar refractivity (Wildman–Crippen MR) is 65.0 cm³/mol. The highest BCUT2D eigenvalue weighted by Gasteiger charge is 2.17. The first-order valence-corrected chi connectivity index (χ1v) is 5.56. The molecule has 0 aliphatic heterocycles. The van der Waals surface area contributed by atoms with Crippen LogP contribution in [0.4, 0.5) is 0 Å². The van der Waals surface area contributed by atoms with Gasteiger partial charge in [-0.05, 0) is 17.7 Å². The van der Waals surface area contributed by atoms with E-state index in [4.69, 9.17) is 40.5 Å². The summed E-state index contributed by atoms with van der Waals surface area (Å²) in [5.74, 6) is -0.417. The Morgan fingerprint density at radius 1 is 1.44 bits per heavy atom. The Labute approximate surface area is 108 Å². The van der Waals surface area contributed by atoms with Gasteiger partial charge in [-0.3, -0.25) is 4.79 Å². The molecule has 0 aliphatic carbocycles. The number of nitrogens with two attached hydrogens (primary N) is 1. The van der Waals surface area contributed by atoms with E-state index < -0.39 is 12.0 Å². The fourth-order valence-electron chi connectivity index (χ4n) is 1.22. The Morgan fingerprint density at radius 3 is 2.62 bits per heavy atom. The first kappa shape index (κ1) is 13.6. The van der Waals surface area contributed by atoms with Gasteiger partial charge in [-0.2, -0.15) is 0 Å². The molecule has 0 spiro atoms. The van der Waals surface area contributed by atoms with Crippen LogP contribution in [0.5, 0.6) is 0 Å². The van der Waals surface area contributed by atoms with Crippen LogP contribution in [0.15, 0.2) is 12.1 Å². The Kier molecular flexibility index (Phi) is 4.87. The normalized spacial score (nSPS) is 12.3. The molecule has 16 heavy (non-hydrogen) atoms. The van der Waals surface area contributed by atoms with Gasteiger partial charge in [0.2, 0.25) is 0 Å². The van der Waals surface area contributed by atoms with E-state index in [-0.39, 0.29) is 6.42 Å². The average Bonchev–Trinajstić information content (AvgIpc) is 2.22. The minimum Gasteiger partial charge on any atom is -0.469 e. The van der Waals surface area contributed by atoms with E-state index in [1.54, 1.807) is 6.07 Å². The number of methoxy groups -OCH3 is 1. The number of ether oxygens (including phenoxy) is 1. The van der Waals surface area contributed by atoms with Crippen LogP contribution in [0.3, 0.4) is 0 Å². The second kappa shape index (κ2) is 5.73. The third kappa shape index (κ3) is 3.25. The Bertz CT molecular complexity index is 409. The highest BCUT2D eigenvalue weighted by molar-refractivity contribution is 6.43. The minimum atomic E-state index is -0.587. The van der Waals surface area contributed by atoms with Crippen molar-refractivity contribution in [2.24, 2.45) is 5.73 Å². The standard InChI is InChI=1S/C10H10Cl3NO2/c1-16-9(15)4-8(14)6-2-5(11)3-7(12)10(6)13/h2-3,8H,4,14H2,1H3/t8-/m1/s1. The maximum Gasteiger partial charge on any atom is 0.307 e. The highest BCUT2D eigenvalue weighted by atomic mass is 35.5. The zero-order chi connectivity index (χ0) is 12.3. The fraction of sp³-hybridized carbons (Fsp3) is 0.300. The number of rotatable bonds is 3. The quantitative estimate of drug-likeness (QED) is 0.684. The van der Waals surface area contributed by atoms with Gasteiger partial charge < -0.3 is 10.5 Å². The number of carbonyl (C=O) groups excluding carboxylic acids is 1. The zero-order valence-corrected chi connectivity index (χ0v) is 10.7. The predicted octanol–water partition coefficient (Wildman–Crippen LogP) is 3.21. The van der Waals surface area contributed by atoms with Crippen LogP contribution in [0.1, 0.15) is 18.0 Å². The molecule has 0 aliphatic rings. The Hall–Kier alpha value is -0.480. The van der Waals surface area contributed by atoms with Crippen molar-refractivity contribution in [3.63, 3.8) is 0 Å². The average molecular weight is 283 g/mol. The van der Waals surface area contributed by atoms with Gasteiger partial charge in [0.15, 0.2) is 0 Å². The molecule has 3 nitrogen and oxygen atoms in total. The smallest absolute Gasteiger partial charge is 0.307 e. The molecule has 1 aromatic rings. The van der Waals surface area contributed by atoms with Crippen LogP contribution in [0, 0.1) is 0 Å². The number of benzene rings is 1. The molecule has 0 fully saturated rings. The molecule has 0 aromatic heterocycles. The SMILES string of the molecule is COC(=O)C[C@@H](N)c1cc(Cl)cc(Cl)c1Cl. The van der Waals surface area contributed by atoms with Crippen LogP contribution in [0.25, 0.3) is 0 Å². The molecule has 1 aromatic carbocycles. The van der Waals surface area contributed by atoms with Gasteiger partial charge >= 0.3 is 5.97 Å². The summed E-state index contributed by atoms with van der Waals surface area (Å²) in [5, 5.41) is 1.04. The maximum atomic E-state index is 11.1. The number of carbonyl (C=O) groups is 1. The van der Waals surface area contributed by atoms with E-state index in [0.29, 0.717) is 20.6 Å². The number of halogens is 3. The van der Waals surface area contributed by atoms with E-state index in [0.717, 1.165) is 0 Å². The molecular formula is C10H10Cl3NO2. The van der Waals surface area contributed by atoms with Crippen LogP contribution in [-0.4, -0.2) is 13.1 Å². The summed E-state index contributed by atoms with van der Waals surface area (Å²) in [5.41, 5.74) is 6.34. The molecule has 0 heterocycles. The molecule has 6 heteroatoms. The van der Waals surface area contributed by atoms with Crippen molar-refractivity contribution >= 4 is 40.8 Å². The molecule has 0 unspecified atom stereocenters.